The number of esters is 1. The average Bonchev–Trinajstić information content (AvgIpc) is 2.66. The van der Waals surface area contributed by atoms with Crippen molar-refractivity contribution in [2.24, 2.45) is 0 Å². The molecule has 0 atom stereocenters. The van der Waals surface area contributed by atoms with Crippen LogP contribution in [0.5, 0.6) is 5.88 Å². The summed E-state index contributed by atoms with van der Waals surface area (Å²) in [7, 11) is 0. The Labute approximate surface area is 149 Å². The monoisotopic (exact) mass is 349 g/mol. The van der Waals surface area contributed by atoms with Crippen LogP contribution in [0, 0.1) is 11.3 Å². The van der Waals surface area contributed by atoms with E-state index in [-0.39, 0.29) is 24.8 Å². The van der Waals surface area contributed by atoms with Crippen LogP contribution in [0.15, 0.2) is 42.7 Å². The van der Waals surface area contributed by atoms with Gasteiger partial charge in [0.05, 0.1) is 12.8 Å². The number of carbonyl (C=O) groups excluding carboxylic acids is 1. The molecule has 8 heteroatoms. The number of rotatable bonds is 6. The number of hydrogen-bond donors (Lipinski definition) is 1. The van der Waals surface area contributed by atoms with Gasteiger partial charge in [0.1, 0.15) is 11.9 Å². The molecule has 1 aromatic carbocycles. The van der Waals surface area contributed by atoms with Crippen molar-refractivity contribution in [1.82, 2.24) is 15.0 Å². The van der Waals surface area contributed by atoms with E-state index in [0.717, 1.165) is 10.8 Å². The van der Waals surface area contributed by atoms with Crippen LogP contribution in [0.3, 0.4) is 0 Å². The maximum atomic E-state index is 11.4. The molecule has 0 bridgehead atoms. The Kier molecular flexibility index (Phi) is 5.19. The minimum absolute atomic E-state index is 0.0219. The van der Waals surface area contributed by atoms with Gasteiger partial charge in [-0.25, -0.2) is 14.8 Å². The zero-order valence-corrected chi connectivity index (χ0v) is 14.0. The third-order valence-electron chi connectivity index (χ3n) is 3.37. The van der Waals surface area contributed by atoms with E-state index in [1.807, 2.05) is 36.4 Å². The van der Waals surface area contributed by atoms with Gasteiger partial charge in [0.15, 0.2) is 12.4 Å². The third kappa shape index (κ3) is 4.02. The van der Waals surface area contributed by atoms with E-state index in [2.05, 4.69) is 20.3 Å². The van der Waals surface area contributed by atoms with Crippen molar-refractivity contribution < 1.29 is 14.3 Å². The fraction of sp³-hybridized carbons (Fsp3) is 0.167. The highest BCUT2D eigenvalue weighted by atomic mass is 16.6. The summed E-state index contributed by atoms with van der Waals surface area (Å²) in [6.45, 7) is 1.59. The molecule has 26 heavy (non-hydrogen) atoms. The van der Waals surface area contributed by atoms with Crippen molar-refractivity contribution in [2.75, 3.05) is 18.5 Å². The van der Waals surface area contributed by atoms with E-state index in [9.17, 15) is 4.79 Å². The van der Waals surface area contributed by atoms with Gasteiger partial charge in [-0.1, -0.05) is 24.3 Å². The van der Waals surface area contributed by atoms with Gasteiger partial charge in [-0.2, -0.15) is 10.2 Å². The maximum absolute atomic E-state index is 11.4. The summed E-state index contributed by atoms with van der Waals surface area (Å²) in [5.41, 5.74) is -0.0219. The molecule has 0 spiro atoms. The molecular formula is C18H15N5O3. The number of benzene rings is 1. The molecule has 0 fully saturated rings. The summed E-state index contributed by atoms with van der Waals surface area (Å²) in [4.78, 5) is 23.9. The van der Waals surface area contributed by atoms with Crippen LogP contribution >= 0.6 is 0 Å². The molecule has 2 heterocycles. The molecule has 0 aliphatic rings. The second-order valence-electron chi connectivity index (χ2n) is 5.16. The topological polar surface area (TPSA) is 110 Å². The zero-order chi connectivity index (χ0) is 18.4. The number of pyridine rings is 1. The predicted molar refractivity (Wildman–Crippen MR) is 93.9 cm³/mol. The summed E-state index contributed by atoms with van der Waals surface area (Å²) >= 11 is 0. The lowest BCUT2D eigenvalue weighted by Crippen LogP contribution is -2.16. The highest BCUT2D eigenvalue weighted by molar-refractivity contribution is 5.84. The second kappa shape index (κ2) is 7.90. The second-order valence-corrected chi connectivity index (χ2v) is 5.16. The predicted octanol–water partition coefficient (Wildman–Crippen LogP) is 2.58. The number of carbonyl (C=O) groups is 1. The Bertz CT molecular complexity index is 984. The Morgan fingerprint density at radius 2 is 2.00 bits per heavy atom. The first-order chi connectivity index (χ1) is 12.7. The van der Waals surface area contributed by atoms with Crippen molar-refractivity contribution in [1.29, 1.82) is 5.26 Å². The molecule has 0 unspecified atom stereocenters. The Balaban J connectivity index is 1.79. The van der Waals surface area contributed by atoms with Crippen molar-refractivity contribution >= 4 is 28.4 Å². The minimum atomic E-state index is -0.548. The third-order valence-corrected chi connectivity index (χ3v) is 3.37. The van der Waals surface area contributed by atoms with Gasteiger partial charge in [-0.3, -0.25) is 0 Å². The Morgan fingerprint density at radius 3 is 2.77 bits per heavy atom. The fourth-order valence-corrected chi connectivity index (χ4v) is 2.22. The van der Waals surface area contributed by atoms with Crippen LogP contribution in [-0.4, -0.2) is 34.1 Å². The number of hydrogen-bond acceptors (Lipinski definition) is 8. The molecule has 8 nitrogen and oxygen atoms in total. The zero-order valence-electron chi connectivity index (χ0n) is 14.0. The summed E-state index contributed by atoms with van der Waals surface area (Å²) in [6, 6.07) is 11.6. The van der Waals surface area contributed by atoms with E-state index < -0.39 is 5.97 Å². The van der Waals surface area contributed by atoms with Gasteiger partial charge >= 0.3 is 5.97 Å². The highest BCUT2D eigenvalue weighted by Crippen LogP contribution is 2.21. The summed E-state index contributed by atoms with van der Waals surface area (Å²) in [5, 5.41) is 14.1. The molecule has 130 valence electrons. The number of nitriles is 1. The SMILES string of the molecule is CCOC(=O)COc1nc(Nc2cc3ccccc3cn2)cnc1C#N. The minimum Gasteiger partial charge on any atom is -0.464 e. The normalized spacial score (nSPS) is 10.2. The van der Waals surface area contributed by atoms with E-state index in [1.165, 1.54) is 6.20 Å². The first-order valence-corrected chi connectivity index (χ1v) is 7.87. The number of fused-ring (bicyclic) bond motifs is 1. The Hall–Kier alpha value is -3.73. The fourth-order valence-electron chi connectivity index (χ4n) is 2.22. The van der Waals surface area contributed by atoms with E-state index in [4.69, 9.17) is 14.7 Å². The lowest BCUT2D eigenvalue weighted by atomic mass is 10.2. The largest absolute Gasteiger partial charge is 0.464 e. The van der Waals surface area contributed by atoms with Crippen molar-refractivity contribution in [3.8, 4) is 11.9 Å². The molecule has 0 saturated heterocycles. The van der Waals surface area contributed by atoms with Crippen LogP contribution < -0.4 is 10.1 Å². The van der Waals surface area contributed by atoms with E-state index in [1.54, 1.807) is 13.1 Å². The molecule has 3 rings (SSSR count). The first-order valence-electron chi connectivity index (χ1n) is 7.87. The number of nitrogens with one attached hydrogen (secondary N) is 1. The maximum Gasteiger partial charge on any atom is 0.344 e. The smallest absolute Gasteiger partial charge is 0.344 e. The molecule has 0 amide bonds. The van der Waals surface area contributed by atoms with Crippen molar-refractivity contribution in [3.05, 3.63) is 48.4 Å². The quantitative estimate of drug-likeness (QED) is 0.676. The van der Waals surface area contributed by atoms with Gasteiger partial charge in [0, 0.05) is 11.6 Å². The van der Waals surface area contributed by atoms with Crippen molar-refractivity contribution in [3.63, 3.8) is 0 Å². The van der Waals surface area contributed by atoms with Gasteiger partial charge in [0.25, 0.3) is 5.88 Å². The molecule has 0 saturated carbocycles. The molecule has 1 N–H and O–H groups in total. The molecule has 0 aliphatic heterocycles. The van der Waals surface area contributed by atoms with Crippen molar-refractivity contribution in [2.45, 2.75) is 6.92 Å². The average molecular weight is 349 g/mol. The van der Waals surface area contributed by atoms with Gasteiger partial charge in [0.2, 0.25) is 5.69 Å². The van der Waals surface area contributed by atoms with Crippen LogP contribution in [0.4, 0.5) is 11.6 Å². The lowest BCUT2D eigenvalue weighted by Gasteiger charge is -2.09. The van der Waals surface area contributed by atoms with Gasteiger partial charge < -0.3 is 14.8 Å². The number of aromatic nitrogens is 3. The molecule has 0 radical (unpaired) electrons. The molecule has 0 aliphatic carbocycles. The lowest BCUT2D eigenvalue weighted by molar-refractivity contribution is -0.145. The summed E-state index contributed by atoms with van der Waals surface area (Å²) < 4.78 is 10.0. The standard InChI is InChI=1S/C18H15N5O3/c1-2-25-17(24)11-26-18-14(8-19)20-10-16(23-18)22-15-7-12-5-3-4-6-13(12)9-21-15/h3-7,9-10H,2,11H2,1H3,(H,21,22,23). The van der Waals surface area contributed by atoms with Gasteiger partial charge in [-0.05, 0) is 18.4 Å². The number of ether oxygens (including phenoxy) is 2. The van der Waals surface area contributed by atoms with Crippen LogP contribution in [-0.2, 0) is 9.53 Å². The summed E-state index contributed by atoms with van der Waals surface area (Å²) in [6.07, 6.45) is 3.14. The highest BCUT2D eigenvalue weighted by Gasteiger charge is 2.12. The number of nitrogens with zero attached hydrogens (tertiary/aromatic N) is 4. The van der Waals surface area contributed by atoms with Crippen LogP contribution in [0.2, 0.25) is 0 Å². The van der Waals surface area contributed by atoms with Crippen LogP contribution in [0.25, 0.3) is 10.8 Å². The molecule has 2 aromatic heterocycles. The summed E-state index contributed by atoms with van der Waals surface area (Å²) in [5.74, 6) is 0.309. The number of anilines is 2. The Morgan fingerprint density at radius 1 is 1.19 bits per heavy atom. The van der Waals surface area contributed by atoms with E-state index >= 15 is 0 Å². The van der Waals surface area contributed by atoms with Crippen LogP contribution in [0.1, 0.15) is 12.6 Å². The van der Waals surface area contributed by atoms with Gasteiger partial charge in [-0.15, -0.1) is 0 Å². The molecular weight excluding hydrogens is 334 g/mol. The molecule has 3 aromatic rings. The first kappa shape index (κ1) is 17.1. The van der Waals surface area contributed by atoms with E-state index in [0.29, 0.717) is 11.6 Å².